The van der Waals surface area contributed by atoms with Gasteiger partial charge in [-0.3, -0.25) is 0 Å². The van der Waals surface area contributed by atoms with Crippen LogP contribution < -0.4 is 5.32 Å². The molecule has 2 aromatic carbocycles. The third-order valence-corrected chi connectivity index (χ3v) is 3.40. The van der Waals surface area contributed by atoms with Gasteiger partial charge in [-0.15, -0.1) is 5.10 Å². The number of aromatic nitrogens is 2. The minimum atomic E-state index is 0.933. The number of nitrogens with one attached hydrogen (secondary N) is 1. The summed E-state index contributed by atoms with van der Waals surface area (Å²) in [7, 11) is 0. The van der Waals surface area contributed by atoms with E-state index < -0.39 is 0 Å². The van der Waals surface area contributed by atoms with Crippen molar-refractivity contribution in [3.8, 4) is 0 Å². The third-order valence-electron chi connectivity index (χ3n) is 2.66. The molecule has 1 aromatic heterocycles. The van der Waals surface area contributed by atoms with E-state index in [4.69, 9.17) is 0 Å². The lowest BCUT2D eigenvalue weighted by Crippen LogP contribution is -1.89. The number of hydrogen-bond acceptors (Lipinski definition) is 4. The van der Waals surface area contributed by atoms with E-state index in [-0.39, 0.29) is 0 Å². The lowest BCUT2D eigenvalue weighted by atomic mass is 10.1. The molecule has 0 fully saturated rings. The van der Waals surface area contributed by atoms with E-state index in [1.165, 1.54) is 22.3 Å². The Labute approximate surface area is 103 Å². The Bertz CT molecular complexity index is 660. The fourth-order valence-corrected chi connectivity index (χ4v) is 2.33. The van der Waals surface area contributed by atoms with Crippen molar-refractivity contribution in [1.82, 2.24) is 9.59 Å². The minimum absolute atomic E-state index is 0.933. The second-order valence-corrected chi connectivity index (χ2v) is 4.63. The molecule has 0 spiro atoms. The molecule has 0 radical (unpaired) electrons. The van der Waals surface area contributed by atoms with Crippen molar-refractivity contribution in [1.29, 1.82) is 0 Å². The molecule has 1 N–H and O–H groups in total. The van der Waals surface area contributed by atoms with Crippen molar-refractivity contribution in [3.63, 3.8) is 0 Å². The van der Waals surface area contributed by atoms with Gasteiger partial charge in [-0.25, -0.2) is 0 Å². The van der Waals surface area contributed by atoms with E-state index in [1.807, 2.05) is 19.1 Å². The summed E-state index contributed by atoms with van der Waals surface area (Å²) in [5.41, 5.74) is 2.00. The maximum absolute atomic E-state index is 3.98. The van der Waals surface area contributed by atoms with Crippen molar-refractivity contribution in [2.75, 3.05) is 5.32 Å². The molecule has 0 atom stereocenters. The Kier molecular flexibility index (Phi) is 2.49. The summed E-state index contributed by atoms with van der Waals surface area (Å²) >= 11 is 1.38. The van der Waals surface area contributed by atoms with Crippen LogP contribution in [0.1, 0.15) is 5.69 Å². The Morgan fingerprint density at radius 1 is 1.06 bits per heavy atom. The zero-order valence-electron chi connectivity index (χ0n) is 9.34. The molecule has 0 aliphatic carbocycles. The van der Waals surface area contributed by atoms with Crippen LogP contribution in [-0.4, -0.2) is 9.59 Å². The van der Waals surface area contributed by atoms with Crippen LogP contribution in [0.3, 0.4) is 0 Å². The molecule has 17 heavy (non-hydrogen) atoms. The first kappa shape index (κ1) is 10.2. The number of aryl methyl sites for hydroxylation is 1. The van der Waals surface area contributed by atoms with Gasteiger partial charge in [0.2, 0.25) is 0 Å². The second-order valence-electron chi connectivity index (χ2n) is 3.87. The second kappa shape index (κ2) is 4.14. The predicted octanol–water partition coefficient (Wildman–Crippen LogP) is 3.74. The van der Waals surface area contributed by atoms with Crippen LogP contribution in [0, 0.1) is 6.92 Å². The number of fused-ring (bicyclic) bond motifs is 1. The number of benzene rings is 2. The summed E-state index contributed by atoms with van der Waals surface area (Å²) in [6.45, 7) is 1.95. The van der Waals surface area contributed by atoms with Crippen LogP contribution in [0.4, 0.5) is 10.7 Å². The number of anilines is 2. The van der Waals surface area contributed by atoms with Crippen molar-refractivity contribution >= 4 is 33.0 Å². The third kappa shape index (κ3) is 1.99. The maximum Gasteiger partial charge on any atom is 0.137 e. The van der Waals surface area contributed by atoms with Crippen molar-refractivity contribution < 1.29 is 0 Å². The maximum atomic E-state index is 3.98. The van der Waals surface area contributed by atoms with Gasteiger partial charge in [0.1, 0.15) is 5.00 Å². The topological polar surface area (TPSA) is 37.8 Å². The predicted molar refractivity (Wildman–Crippen MR) is 71.9 cm³/mol. The highest BCUT2D eigenvalue weighted by molar-refractivity contribution is 7.10. The summed E-state index contributed by atoms with van der Waals surface area (Å²) in [6.07, 6.45) is 0. The zero-order chi connectivity index (χ0) is 11.7. The molecular formula is C13H11N3S. The minimum Gasteiger partial charge on any atom is -0.344 e. The molecule has 3 rings (SSSR count). The lowest BCUT2D eigenvalue weighted by molar-refractivity contribution is 1.09. The van der Waals surface area contributed by atoms with Gasteiger partial charge in [0.25, 0.3) is 0 Å². The first-order valence-corrected chi connectivity index (χ1v) is 6.15. The first-order valence-electron chi connectivity index (χ1n) is 5.38. The average Bonchev–Trinajstić information content (AvgIpc) is 2.75. The van der Waals surface area contributed by atoms with Gasteiger partial charge in [-0.1, -0.05) is 34.8 Å². The van der Waals surface area contributed by atoms with Crippen LogP contribution in [-0.2, 0) is 0 Å². The largest absolute Gasteiger partial charge is 0.344 e. The molecule has 0 unspecified atom stereocenters. The Morgan fingerprint density at radius 3 is 2.65 bits per heavy atom. The Hall–Kier alpha value is -1.94. The van der Waals surface area contributed by atoms with Gasteiger partial charge < -0.3 is 5.32 Å². The number of hydrogen-bond donors (Lipinski definition) is 1. The molecule has 0 amide bonds. The summed E-state index contributed by atoms with van der Waals surface area (Å²) in [5.74, 6) is 0. The van der Waals surface area contributed by atoms with E-state index in [9.17, 15) is 0 Å². The van der Waals surface area contributed by atoms with Crippen molar-refractivity contribution in [2.45, 2.75) is 6.92 Å². The van der Waals surface area contributed by atoms with E-state index >= 15 is 0 Å². The van der Waals surface area contributed by atoms with Crippen LogP contribution in [0.25, 0.3) is 10.8 Å². The van der Waals surface area contributed by atoms with Gasteiger partial charge in [0, 0.05) is 17.2 Å². The normalized spacial score (nSPS) is 10.6. The van der Waals surface area contributed by atoms with Crippen LogP contribution >= 0.6 is 11.5 Å². The number of nitrogens with zero attached hydrogens (tertiary/aromatic N) is 2. The monoisotopic (exact) mass is 241 g/mol. The van der Waals surface area contributed by atoms with Crippen LogP contribution in [0.5, 0.6) is 0 Å². The smallest absolute Gasteiger partial charge is 0.137 e. The molecule has 0 bridgehead atoms. The highest BCUT2D eigenvalue weighted by atomic mass is 32.1. The molecule has 84 valence electrons. The summed E-state index contributed by atoms with van der Waals surface area (Å²) in [5, 5.41) is 10.8. The molecule has 0 saturated carbocycles. The quantitative estimate of drug-likeness (QED) is 0.742. The Morgan fingerprint density at radius 2 is 1.88 bits per heavy atom. The van der Waals surface area contributed by atoms with Crippen molar-refractivity contribution in [3.05, 3.63) is 48.2 Å². The Balaban J connectivity index is 1.99. The molecule has 3 nitrogen and oxygen atoms in total. The first-order chi connectivity index (χ1) is 8.33. The van der Waals surface area contributed by atoms with Gasteiger partial charge in [0.15, 0.2) is 0 Å². The van der Waals surface area contributed by atoms with Gasteiger partial charge in [-0.05, 0) is 29.8 Å². The van der Waals surface area contributed by atoms with E-state index in [2.05, 4.69) is 45.2 Å². The molecule has 3 aromatic rings. The summed E-state index contributed by atoms with van der Waals surface area (Å²) < 4.78 is 3.91. The zero-order valence-corrected chi connectivity index (χ0v) is 10.2. The molecule has 1 heterocycles. The van der Waals surface area contributed by atoms with Gasteiger partial charge in [0.05, 0.1) is 5.69 Å². The lowest BCUT2D eigenvalue weighted by Gasteiger charge is -2.05. The van der Waals surface area contributed by atoms with Gasteiger partial charge in [-0.2, -0.15) is 0 Å². The van der Waals surface area contributed by atoms with Gasteiger partial charge >= 0.3 is 0 Å². The van der Waals surface area contributed by atoms with Crippen LogP contribution in [0.15, 0.2) is 42.5 Å². The molecule has 0 aliphatic heterocycles. The van der Waals surface area contributed by atoms with E-state index in [1.54, 1.807) is 0 Å². The molecule has 4 heteroatoms. The summed E-state index contributed by atoms with van der Waals surface area (Å²) in [6, 6.07) is 14.6. The summed E-state index contributed by atoms with van der Waals surface area (Å²) in [4.78, 5) is 0. The highest BCUT2D eigenvalue weighted by Crippen LogP contribution is 2.25. The number of rotatable bonds is 2. The fraction of sp³-hybridized carbons (Fsp3) is 0.0769. The molecular weight excluding hydrogens is 230 g/mol. The molecule has 0 aliphatic rings. The van der Waals surface area contributed by atoms with Crippen molar-refractivity contribution in [2.24, 2.45) is 0 Å². The SMILES string of the molecule is Cc1nnsc1Nc1ccc2ccccc2c1. The van der Waals surface area contributed by atoms with Crippen LogP contribution in [0.2, 0.25) is 0 Å². The average molecular weight is 241 g/mol. The standard InChI is InChI=1S/C13H11N3S/c1-9-13(17-16-15-9)14-12-7-6-10-4-2-3-5-11(10)8-12/h2-8,14H,1H3. The fourth-order valence-electron chi connectivity index (χ4n) is 1.75. The van der Waals surface area contributed by atoms with E-state index in [0.717, 1.165) is 16.4 Å². The highest BCUT2D eigenvalue weighted by Gasteiger charge is 2.03. The molecule has 0 saturated heterocycles. The van der Waals surface area contributed by atoms with E-state index in [0.29, 0.717) is 0 Å².